The van der Waals surface area contributed by atoms with E-state index in [0.29, 0.717) is 19.4 Å². The Hall–Kier alpha value is -2.18. The predicted octanol–water partition coefficient (Wildman–Crippen LogP) is 4.30. The van der Waals surface area contributed by atoms with Crippen molar-refractivity contribution in [1.29, 1.82) is 0 Å². The molecule has 0 aliphatic carbocycles. The SMILES string of the molecule is CCc1cccc(CC)c1NC(=O)C1CCCN(S(=O)(=O)Cc2ccccc2C)C1. The average Bonchev–Trinajstić information content (AvgIpc) is 2.75. The molecule has 1 atom stereocenters. The van der Waals surface area contributed by atoms with Crippen LogP contribution in [0.15, 0.2) is 42.5 Å². The molecular formula is C24H32N2O3S. The fraction of sp³-hybridized carbons (Fsp3) is 0.458. The topological polar surface area (TPSA) is 66.5 Å². The van der Waals surface area contributed by atoms with E-state index in [9.17, 15) is 13.2 Å². The first kappa shape index (κ1) is 22.5. The molecule has 1 saturated heterocycles. The van der Waals surface area contributed by atoms with Gasteiger partial charge in [0, 0.05) is 18.8 Å². The number of carbonyl (C=O) groups is 1. The van der Waals surface area contributed by atoms with Gasteiger partial charge < -0.3 is 5.32 Å². The average molecular weight is 429 g/mol. The molecule has 1 fully saturated rings. The van der Waals surface area contributed by atoms with Gasteiger partial charge in [-0.1, -0.05) is 56.3 Å². The van der Waals surface area contributed by atoms with Crippen LogP contribution >= 0.6 is 0 Å². The molecule has 1 N–H and O–H groups in total. The van der Waals surface area contributed by atoms with Gasteiger partial charge in [-0.05, 0) is 54.9 Å². The lowest BCUT2D eigenvalue weighted by atomic mass is 9.97. The number of carbonyl (C=O) groups excluding carboxylic acids is 1. The summed E-state index contributed by atoms with van der Waals surface area (Å²) >= 11 is 0. The molecule has 1 heterocycles. The molecule has 1 unspecified atom stereocenters. The van der Waals surface area contributed by atoms with Crippen LogP contribution in [0.1, 0.15) is 48.9 Å². The van der Waals surface area contributed by atoms with Crippen molar-refractivity contribution >= 4 is 21.6 Å². The summed E-state index contributed by atoms with van der Waals surface area (Å²) in [6.45, 7) is 6.79. The van der Waals surface area contributed by atoms with E-state index >= 15 is 0 Å². The minimum absolute atomic E-state index is 0.0212. The van der Waals surface area contributed by atoms with Crippen LogP contribution < -0.4 is 5.32 Å². The van der Waals surface area contributed by atoms with E-state index < -0.39 is 10.0 Å². The highest BCUT2D eigenvalue weighted by Gasteiger charge is 2.33. The Morgan fingerprint density at radius 3 is 2.30 bits per heavy atom. The molecule has 0 aromatic heterocycles. The Labute approximate surface area is 180 Å². The highest BCUT2D eigenvalue weighted by molar-refractivity contribution is 7.88. The van der Waals surface area contributed by atoms with Crippen molar-refractivity contribution in [3.05, 3.63) is 64.7 Å². The highest BCUT2D eigenvalue weighted by atomic mass is 32.2. The van der Waals surface area contributed by atoms with Gasteiger partial charge in [-0.2, -0.15) is 0 Å². The second-order valence-corrected chi connectivity index (χ2v) is 10.00. The molecule has 1 amide bonds. The van der Waals surface area contributed by atoms with Crippen molar-refractivity contribution in [1.82, 2.24) is 4.31 Å². The number of nitrogens with zero attached hydrogens (tertiary/aromatic N) is 1. The standard InChI is InChI=1S/C24H32N2O3S/c1-4-19-12-8-13-20(5-2)23(19)25-24(27)21-14-9-15-26(16-21)30(28,29)17-22-11-7-6-10-18(22)3/h6-8,10-13,21H,4-5,9,14-17H2,1-3H3,(H,25,27). The van der Waals surface area contributed by atoms with Crippen LogP contribution in [-0.4, -0.2) is 31.7 Å². The van der Waals surface area contributed by atoms with E-state index in [4.69, 9.17) is 0 Å². The van der Waals surface area contributed by atoms with Crippen molar-refractivity contribution in [3.63, 3.8) is 0 Å². The number of rotatable bonds is 7. The number of sulfonamides is 1. The van der Waals surface area contributed by atoms with Crippen LogP contribution in [0.25, 0.3) is 0 Å². The van der Waals surface area contributed by atoms with E-state index in [0.717, 1.165) is 40.8 Å². The number of amides is 1. The van der Waals surface area contributed by atoms with Crippen LogP contribution in [0.3, 0.4) is 0 Å². The number of nitrogens with one attached hydrogen (secondary N) is 1. The Morgan fingerprint density at radius 1 is 1.03 bits per heavy atom. The molecule has 3 rings (SSSR count). The van der Waals surface area contributed by atoms with Crippen molar-refractivity contribution in [2.24, 2.45) is 5.92 Å². The molecule has 0 saturated carbocycles. The monoisotopic (exact) mass is 428 g/mol. The zero-order valence-electron chi connectivity index (χ0n) is 18.1. The number of piperidine rings is 1. The molecule has 30 heavy (non-hydrogen) atoms. The third-order valence-corrected chi connectivity index (χ3v) is 7.79. The second kappa shape index (κ2) is 9.75. The number of hydrogen-bond acceptors (Lipinski definition) is 3. The lowest BCUT2D eigenvalue weighted by Gasteiger charge is -2.31. The number of hydrogen-bond donors (Lipinski definition) is 1. The lowest BCUT2D eigenvalue weighted by Crippen LogP contribution is -2.44. The van der Waals surface area contributed by atoms with Gasteiger partial charge in [-0.25, -0.2) is 12.7 Å². The van der Waals surface area contributed by atoms with Crippen LogP contribution in [0, 0.1) is 12.8 Å². The summed E-state index contributed by atoms with van der Waals surface area (Å²) in [5.74, 6) is -0.437. The van der Waals surface area contributed by atoms with E-state index in [1.165, 1.54) is 4.31 Å². The maximum absolute atomic E-state index is 13.1. The summed E-state index contributed by atoms with van der Waals surface area (Å²) in [6.07, 6.45) is 3.08. The first-order chi connectivity index (χ1) is 14.4. The Kier molecular flexibility index (Phi) is 7.32. The summed E-state index contributed by atoms with van der Waals surface area (Å²) in [7, 11) is -3.47. The lowest BCUT2D eigenvalue weighted by molar-refractivity contribution is -0.120. The molecule has 0 bridgehead atoms. The molecule has 1 aliphatic heterocycles. The van der Waals surface area contributed by atoms with Crippen LogP contribution in [0.2, 0.25) is 0 Å². The minimum atomic E-state index is -3.47. The van der Waals surface area contributed by atoms with Gasteiger partial charge in [0.1, 0.15) is 0 Å². The zero-order chi connectivity index (χ0) is 21.7. The van der Waals surface area contributed by atoms with Crippen molar-refractivity contribution < 1.29 is 13.2 Å². The summed E-state index contributed by atoms with van der Waals surface area (Å²) in [4.78, 5) is 13.1. The van der Waals surface area contributed by atoms with Crippen molar-refractivity contribution in [2.45, 2.75) is 52.2 Å². The van der Waals surface area contributed by atoms with Crippen molar-refractivity contribution in [2.75, 3.05) is 18.4 Å². The van der Waals surface area contributed by atoms with E-state index in [1.807, 2.05) is 49.4 Å². The fourth-order valence-corrected chi connectivity index (χ4v) is 5.81. The Balaban J connectivity index is 1.73. The third-order valence-electron chi connectivity index (χ3n) is 5.99. The first-order valence-corrected chi connectivity index (χ1v) is 12.4. The smallest absolute Gasteiger partial charge is 0.228 e. The summed E-state index contributed by atoms with van der Waals surface area (Å²) in [6, 6.07) is 13.6. The van der Waals surface area contributed by atoms with Gasteiger partial charge in [-0.3, -0.25) is 4.79 Å². The summed E-state index contributed by atoms with van der Waals surface area (Å²) in [5, 5.41) is 3.12. The quantitative estimate of drug-likeness (QED) is 0.715. The van der Waals surface area contributed by atoms with Gasteiger partial charge in [0.05, 0.1) is 11.7 Å². The molecule has 2 aromatic carbocycles. The largest absolute Gasteiger partial charge is 0.325 e. The molecule has 1 aliphatic rings. The maximum Gasteiger partial charge on any atom is 0.228 e. The third kappa shape index (κ3) is 5.10. The second-order valence-electron chi connectivity index (χ2n) is 8.03. The summed E-state index contributed by atoms with van der Waals surface area (Å²) < 4.78 is 27.6. The van der Waals surface area contributed by atoms with Gasteiger partial charge >= 0.3 is 0 Å². The molecule has 0 spiro atoms. The molecule has 162 valence electrons. The molecule has 0 radical (unpaired) electrons. The number of aryl methyl sites for hydroxylation is 3. The van der Waals surface area contributed by atoms with E-state index in [-0.39, 0.29) is 24.1 Å². The van der Waals surface area contributed by atoms with Crippen LogP contribution in [-0.2, 0) is 33.4 Å². The number of anilines is 1. The fourth-order valence-electron chi connectivity index (χ4n) is 4.10. The predicted molar refractivity (Wildman–Crippen MR) is 122 cm³/mol. The van der Waals surface area contributed by atoms with Gasteiger partial charge in [0.25, 0.3) is 0 Å². The molecule has 6 heteroatoms. The first-order valence-electron chi connectivity index (χ1n) is 10.8. The molecule has 5 nitrogen and oxygen atoms in total. The van der Waals surface area contributed by atoms with Crippen LogP contribution in [0.5, 0.6) is 0 Å². The number of benzene rings is 2. The Morgan fingerprint density at radius 2 is 1.67 bits per heavy atom. The van der Waals surface area contributed by atoms with Gasteiger partial charge in [0.15, 0.2) is 0 Å². The van der Waals surface area contributed by atoms with Crippen LogP contribution in [0.4, 0.5) is 5.69 Å². The minimum Gasteiger partial charge on any atom is -0.325 e. The van der Waals surface area contributed by atoms with E-state index in [1.54, 1.807) is 0 Å². The van der Waals surface area contributed by atoms with E-state index in [2.05, 4.69) is 19.2 Å². The highest BCUT2D eigenvalue weighted by Crippen LogP contribution is 2.27. The van der Waals surface area contributed by atoms with Gasteiger partial charge in [-0.15, -0.1) is 0 Å². The summed E-state index contributed by atoms with van der Waals surface area (Å²) in [5.41, 5.74) is 4.90. The maximum atomic E-state index is 13.1. The van der Waals surface area contributed by atoms with Crippen molar-refractivity contribution in [3.8, 4) is 0 Å². The molecule has 2 aromatic rings. The molecular weight excluding hydrogens is 396 g/mol. The Bertz CT molecular complexity index is 979. The number of para-hydroxylation sites is 1. The zero-order valence-corrected chi connectivity index (χ0v) is 19.0. The normalized spacial score (nSPS) is 17.6. The van der Waals surface area contributed by atoms with Gasteiger partial charge in [0.2, 0.25) is 15.9 Å².